The van der Waals surface area contributed by atoms with Gasteiger partial charge in [0.1, 0.15) is 6.07 Å². The number of hydrogen-bond acceptors (Lipinski definition) is 5. The van der Waals surface area contributed by atoms with Crippen molar-refractivity contribution in [2.45, 2.75) is 18.4 Å². The third kappa shape index (κ3) is 2.78. The Hall–Kier alpha value is -1.64. The lowest BCUT2D eigenvalue weighted by Gasteiger charge is -2.36. The molecule has 2 rings (SSSR count). The van der Waals surface area contributed by atoms with Crippen molar-refractivity contribution < 1.29 is 9.84 Å². The van der Waals surface area contributed by atoms with Gasteiger partial charge in [0.05, 0.1) is 11.3 Å². The van der Waals surface area contributed by atoms with Crippen LogP contribution in [0.2, 0.25) is 0 Å². The number of nitriles is 1. The van der Waals surface area contributed by atoms with E-state index in [4.69, 9.17) is 10.00 Å². The summed E-state index contributed by atoms with van der Waals surface area (Å²) in [4.78, 5) is 5.91. The molecule has 0 amide bonds. The molecule has 5 heteroatoms. The predicted octanol–water partition coefficient (Wildman–Crippen LogP) is 0.931. The molecular formula is C13H17N3O2. The summed E-state index contributed by atoms with van der Waals surface area (Å²) in [5, 5.41) is 19.5. The van der Waals surface area contributed by atoms with Crippen LogP contribution in [0.1, 0.15) is 18.5 Å². The van der Waals surface area contributed by atoms with Crippen molar-refractivity contribution in [3.8, 4) is 6.07 Å². The minimum absolute atomic E-state index is 0.385. The van der Waals surface area contributed by atoms with E-state index in [1.54, 1.807) is 12.3 Å². The maximum Gasteiger partial charge on any atom is 0.163 e. The van der Waals surface area contributed by atoms with Crippen LogP contribution in [0.25, 0.3) is 0 Å². The zero-order valence-electron chi connectivity index (χ0n) is 10.5. The lowest BCUT2D eigenvalue weighted by molar-refractivity contribution is -0.0572. The third-order valence-corrected chi connectivity index (χ3v) is 3.26. The van der Waals surface area contributed by atoms with Gasteiger partial charge in [-0.25, -0.2) is 4.98 Å². The van der Waals surface area contributed by atoms with Gasteiger partial charge in [-0.2, -0.15) is 5.26 Å². The first-order valence-corrected chi connectivity index (χ1v) is 6.01. The molecule has 5 nitrogen and oxygen atoms in total. The van der Waals surface area contributed by atoms with E-state index in [1.807, 2.05) is 18.0 Å². The molecule has 0 radical (unpaired) electrons. The summed E-state index contributed by atoms with van der Waals surface area (Å²) in [7, 11) is 1.87. The lowest BCUT2D eigenvalue weighted by atomic mass is 9.93. The molecule has 18 heavy (non-hydrogen) atoms. The number of ether oxygens (including phenoxy) is 1. The monoisotopic (exact) mass is 247 g/mol. The van der Waals surface area contributed by atoms with Crippen molar-refractivity contribution in [2.75, 3.05) is 31.7 Å². The van der Waals surface area contributed by atoms with Crippen molar-refractivity contribution in [3.63, 3.8) is 0 Å². The number of anilines is 1. The minimum atomic E-state index is -0.741. The molecule has 0 spiro atoms. The van der Waals surface area contributed by atoms with Crippen LogP contribution in [0.4, 0.5) is 5.69 Å². The maximum absolute atomic E-state index is 10.4. The Balaban J connectivity index is 2.12. The van der Waals surface area contributed by atoms with E-state index in [-0.39, 0.29) is 0 Å². The normalized spacial score (nSPS) is 18.1. The Morgan fingerprint density at radius 2 is 2.28 bits per heavy atom. The van der Waals surface area contributed by atoms with Crippen LogP contribution < -0.4 is 4.90 Å². The topological polar surface area (TPSA) is 69.4 Å². The van der Waals surface area contributed by atoms with Gasteiger partial charge in [0.2, 0.25) is 0 Å². The summed E-state index contributed by atoms with van der Waals surface area (Å²) in [6, 6.07) is 5.70. The molecule has 0 aliphatic carbocycles. The zero-order valence-corrected chi connectivity index (χ0v) is 10.5. The van der Waals surface area contributed by atoms with Crippen LogP contribution >= 0.6 is 0 Å². The molecule has 1 fully saturated rings. The fourth-order valence-electron chi connectivity index (χ4n) is 2.23. The van der Waals surface area contributed by atoms with Gasteiger partial charge in [-0.15, -0.1) is 0 Å². The van der Waals surface area contributed by atoms with Crippen molar-refractivity contribution in [2.24, 2.45) is 0 Å². The van der Waals surface area contributed by atoms with Crippen molar-refractivity contribution >= 4 is 5.69 Å². The second kappa shape index (κ2) is 5.34. The van der Waals surface area contributed by atoms with E-state index in [9.17, 15) is 5.11 Å². The van der Waals surface area contributed by atoms with Crippen LogP contribution in [-0.2, 0) is 4.74 Å². The second-order valence-electron chi connectivity index (χ2n) is 4.68. The summed E-state index contributed by atoms with van der Waals surface area (Å²) in [6.07, 6.45) is 2.85. The first-order chi connectivity index (χ1) is 8.64. The molecule has 0 unspecified atom stereocenters. The molecule has 1 aromatic rings. The van der Waals surface area contributed by atoms with Crippen LogP contribution in [0, 0.1) is 11.3 Å². The first kappa shape index (κ1) is 12.8. The van der Waals surface area contributed by atoms with E-state index >= 15 is 0 Å². The van der Waals surface area contributed by atoms with E-state index in [1.165, 1.54) is 0 Å². The fraction of sp³-hybridized carbons (Fsp3) is 0.538. The van der Waals surface area contributed by atoms with Crippen LogP contribution in [-0.4, -0.2) is 42.5 Å². The van der Waals surface area contributed by atoms with Gasteiger partial charge in [-0.05, 0) is 12.1 Å². The molecule has 0 atom stereocenters. The van der Waals surface area contributed by atoms with Gasteiger partial charge in [0.15, 0.2) is 5.69 Å². The standard InChI is InChI=1S/C13H17N3O2/c1-16(10-13(17)4-7-18-8-5-13)12-3-2-6-15-11(12)9-14/h2-3,6,17H,4-5,7-8,10H2,1H3. The van der Waals surface area contributed by atoms with Gasteiger partial charge < -0.3 is 14.7 Å². The van der Waals surface area contributed by atoms with Gasteiger partial charge >= 0.3 is 0 Å². The van der Waals surface area contributed by atoms with Gasteiger partial charge in [-0.1, -0.05) is 0 Å². The first-order valence-electron chi connectivity index (χ1n) is 6.01. The Morgan fingerprint density at radius 3 is 2.94 bits per heavy atom. The molecule has 2 heterocycles. The lowest BCUT2D eigenvalue weighted by Crippen LogP contribution is -2.46. The molecular weight excluding hydrogens is 230 g/mol. The predicted molar refractivity (Wildman–Crippen MR) is 67.2 cm³/mol. The maximum atomic E-state index is 10.4. The summed E-state index contributed by atoms with van der Waals surface area (Å²) in [5.74, 6) is 0. The Kier molecular flexibility index (Phi) is 3.80. The average Bonchev–Trinajstić information content (AvgIpc) is 2.39. The second-order valence-corrected chi connectivity index (χ2v) is 4.68. The molecule has 0 bridgehead atoms. The number of nitrogens with zero attached hydrogens (tertiary/aromatic N) is 3. The van der Waals surface area contributed by atoms with Crippen LogP contribution in [0.15, 0.2) is 18.3 Å². The van der Waals surface area contributed by atoms with E-state index < -0.39 is 5.60 Å². The Bertz CT molecular complexity index is 450. The summed E-state index contributed by atoms with van der Waals surface area (Å²) < 4.78 is 5.25. The minimum Gasteiger partial charge on any atom is -0.388 e. The number of rotatable bonds is 3. The molecule has 1 aliphatic heterocycles. The summed E-state index contributed by atoms with van der Waals surface area (Å²) in [5.41, 5.74) is 0.394. The average molecular weight is 247 g/mol. The van der Waals surface area contributed by atoms with Crippen LogP contribution in [0.5, 0.6) is 0 Å². The highest BCUT2D eigenvalue weighted by molar-refractivity contribution is 5.55. The highest BCUT2D eigenvalue weighted by atomic mass is 16.5. The van der Waals surface area contributed by atoms with Crippen molar-refractivity contribution in [1.29, 1.82) is 5.26 Å². The number of likely N-dealkylation sites (N-methyl/N-ethyl adjacent to an activating group) is 1. The Morgan fingerprint density at radius 1 is 1.56 bits per heavy atom. The number of aromatic nitrogens is 1. The highest BCUT2D eigenvalue weighted by Crippen LogP contribution is 2.24. The zero-order chi connectivity index (χ0) is 13.0. The smallest absolute Gasteiger partial charge is 0.163 e. The molecule has 1 aliphatic rings. The van der Waals surface area contributed by atoms with Crippen LogP contribution in [0.3, 0.4) is 0 Å². The molecule has 1 aromatic heterocycles. The SMILES string of the molecule is CN(CC1(O)CCOCC1)c1cccnc1C#N. The molecule has 1 N–H and O–H groups in total. The summed E-state index contributed by atoms with van der Waals surface area (Å²) in [6.45, 7) is 1.65. The number of aliphatic hydroxyl groups is 1. The van der Waals surface area contributed by atoms with E-state index in [0.717, 1.165) is 5.69 Å². The van der Waals surface area contributed by atoms with Gasteiger partial charge in [-0.3, -0.25) is 0 Å². The third-order valence-electron chi connectivity index (χ3n) is 3.26. The molecule has 0 saturated carbocycles. The van der Waals surface area contributed by atoms with E-state index in [0.29, 0.717) is 38.3 Å². The van der Waals surface area contributed by atoms with Crippen molar-refractivity contribution in [3.05, 3.63) is 24.0 Å². The molecule has 1 saturated heterocycles. The summed E-state index contributed by atoms with van der Waals surface area (Å²) >= 11 is 0. The fourth-order valence-corrected chi connectivity index (χ4v) is 2.23. The largest absolute Gasteiger partial charge is 0.388 e. The molecule has 0 aromatic carbocycles. The van der Waals surface area contributed by atoms with E-state index in [2.05, 4.69) is 11.1 Å². The number of pyridine rings is 1. The van der Waals surface area contributed by atoms with Crippen molar-refractivity contribution in [1.82, 2.24) is 4.98 Å². The number of hydrogen-bond donors (Lipinski definition) is 1. The Labute approximate surface area is 107 Å². The quantitative estimate of drug-likeness (QED) is 0.860. The van der Waals surface area contributed by atoms with Gasteiger partial charge in [0, 0.05) is 45.8 Å². The highest BCUT2D eigenvalue weighted by Gasteiger charge is 2.31. The van der Waals surface area contributed by atoms with Gasteiger partial charge in [0.25, 0.3) is 0 Å². The molecule has 96 valence electrons.